The van der Waals surface area contributed by atoms with Crippen molar-refractivity contribution in [1.82, 2.24) is 0 Å². The lowest BCUT2D eigenvalue weighted by Crippen LogP contribution is -2.17. The fourth-order valence-corrected chi connectivity index (χ4v) is 3.90. The number of ether oxygens (including phenoxy) is 2. The highest BCUT2D eigenvalue weighted by Gasteiger charge is 2.19. The van der Waals surface area contributed by atoms with Gasteiger partial charge in [0.05, 0.1) is 22.6 Å². The Morgan fingerprint density at radius 1 is 0.970 bits per heavy atom. The molecule has 33 heavy (non-hydrogen) atoms. The van der Waals surface area contributed by atoms with Crippen LogP contribution in [0.3, 0.4) is 0 Å². The van der Waals surface area contributed by atoms with Crippen LogP contribution in [0.15, 0.2) is 71.6 Å². The molecule has 0 bridgehead atoms. The van der Waals surface area contributed by atoms with Gasteiger partial charge in [-0.2, -0.15) is 0 Å². The molecule has 0 aliphatic heterocycles. The summed E-state index contributed by atoms with van der Waals surface area (Å²) in [5.41, 5.74) is -0.268. The third kappa shape index (κ3) is 6.13. The van der Waals surface area contributed by atoms with Crippen LogP contribution in [-0.4, -0.2) is 33.4 Å². The van der Waals surface area contributed by atoms with Crippen LogP contribution in [0.1, 0.15) is 27.6 Å². The maximum Gasteiger partial charge on any atom is 0.338 e. The molecule has 0 saturated heterocycles. The predicted octanol–water partition coefficient (Wildman–Crippen LogP) is 4.20. The number of esters is 1. The molecule has 7 nitrogen and oxygen atoms in total. The zero-order valence-corrected chi connectivity index (χ0v) is 18.2. The van der Waals surface area contributed by atoms with E-state index in [1.807, 2.05) is 6.92 Å². The number of sulfonamides is 1. The highest BCUT2D eigenvalue weighted by molar-refractivity contribution is 7.92. The molecule has 0 heterocycles. The first-order valence-corrected chi connectivity index (χ1v) is 11.2. The lowest BCUT2D eigenvalue weighted by atomic mass is 10.1. The number of ketones is 1. The van der Waals surface area contributed by atoms with Gasteiger partial charge in [0.2, 0.25) is 5.78 Å². The fraction of sp³-hybridized carbons (Fsp3) is 0.130. The Kier molecular flexibility index (Phi) is 7.39. The lowest BCUT2D eigenvalue weighted by Gasteiger charge is -2.10. The van der Waals surface area contributed by atoms with Crippen molar-refractivity contribution in [2.75, 3.05) is 17.9 Å². The van der Waals surface area contributed by atoms with E-state index in [2.05, 4.69) is 4.72 Å². The van der Waals surface area contributed by atoms with E-state index >= 15 is 0 Å². The SMILES string of the molecule is CCOc1ccc(NS(=O)(=O)c2cccc(C(=O)OCC(=O)c3ccc(F)cc3F)c2)cc1. The summed E-state index contributed by atoms with van der Waals surface area (Å²) in [6.45, 7) is 1.49. The highest BCUT2D eigenvalue weighted by Crippen LogP contribution is 2.20. The number of carbonyl (C=O) groups is 2. The Bertz CT molecular complexity index is 1280. The van der Waals surface area contributed by atoms with Crippen molar-refractivity contribution in [1.29, 1.82) is 0 Å². The first-order chi connectivity index (χ1) is 15.7. The van der Waals surface area contributed by atoms with Crippen molar-refractivity contribution in [2.45, 2.75) is 11.8 Å². The van der Waals surface area contributed by atoms with Crippen LogP contribution in [0.2, 0.25) is 0 Å². The molecule has 0 saturated carbocycles. The molecule has 0 aliphatic carbocycles. The molecule has 10 heteroatoms. The van der Waals surface area contributed by atoms with Gasteiger partial charge in [-0.05, 0) is 61.5 Å². The zero-order chi connectivity index (χ0) is 24.0. The van der Waals surface area contributed by atoms with Gasteiger partial charge in [0, 0.05) is 11.8 Å². The molecule has 0 spiro atoms. The number of Topliss-reactive ketones (excluding diaryl/α,β-unsaturated/α-hetero) is 1. The quantitative estimate of drug-likeness (QED) is 0.368. The topological polar surface area (TPSA) is 98.8 Å². The summed E-state index contributed by atoms with van der Waals surface area (Å²) in [5, 5.41) is 0. The third-order valence-electron chi connectivity index (χ3n) is 4.36. The van der Waals surface area contributed by atoms with E-state index in [0.29, 0.717) is 24.1 Å². The average Bonchev–Trinajstić information content (AvgIpc) is 2.78. The lowest BCUT2D eigenvalue weighted by molar-refractivity contribution is 0.0473. The normalized spacial score (nSPS) is 11.0. The van der Waals surface area contributed by atoms with E-state index in [-0.39, 0.29) is 10.5 Å². The van der Waals surface area contributed by atoms with Gasteiger partial charge in [-0.1, -0.05) is 6.07 Å². The third-order valence-corrected chi connectivity index (χ3v) is 5.74. The molecule has 1 N–H and O–H groups in total. The molecule has 0 amide bonds. The summed E-state index contributed by atoms with van der Waals surface area (Å²) in [7, 11) is -4.03. The molecule has 0 aliphatic rings. The summed E-state index contributed by atoms with van der Waals surface area (Å²) in [5.74, 6) is -3.20. The number of benzene rings is 3. The van der Waals surface area contributed by atoms with E-state index in [1.165, 1.54) is 30.3 Å². The number of rotatable bonds is 9. The van der Waals surface area contributed by atoms with Gasteiger partial charge in [-0.25, -0.2) is 22.0 Å². The summed E-state index contributed by atoms with van der Waals surface area (Å²) in [6, 6.07) is 13.7. The molecule has 3 aromatic carbocycles. The Labute approximate surface area is 189 Å². The molecule has 3 aromatic rings. The standard InChI is InChI=1S/C23H19F2NO6S/c1-2-31-18-9-7-17(8-10-18)26-33(29,30)19-5-3-4-15(12-19)23(28)32-14-22(27)20-11-6-16(24)13-21(20)25/h3-13,26H,2,14H2,1H3. The van der Waals surface area contributed by atoms with Gasteiger partial charge < -0.3 is 9.47 Å². The van der Waals surface area contributed by atoms with Crippen LogP contribution in [0.4, 0.5) is 14.5 Å². The van der Waals surface area contributed by atoms with Crippen LogP contribution in [0.5, 0.6) is 5.75 Å². The molecule has 0 radical (unpaired) electrons. The van der Waals surface area contributed by atoms with Gasteiger partial charge in [-0.15, -0.1) is 0 Å². The van der Waals surface area contributed by atoms with Crippen molar-refractivity contribution in [3.63, 3.8) is 0 Å². The number of halogens is 2. The van der Waals surface area contributed by atoms with Gasteiger partial charge in [0.15, 0.2) is 6.61 Å². The number of anilines is 1. The molecule has 0 aromatic heterocycles. The zero-order valence-electron chi connectivity index (χ0n) is 17.4. The van der Waals surface area contributed by atoms with Gasteiger partial charge in [0.1, 0.15) is 17.4 Å². The molecule has 0 atom stereocenters. The van der Waals surface area contributed by atoms with Gasteiger partial charge in [-0.3, -0.25) is 9.52 Å². The number of nitrogens with one attached hydrogen (secondary N) is 1. The molecule has 3 rings (SSSR count). The molecular weight excluding hydrogens is 456 g/mol. The van der Waals surface area contributed by atoms with Crippen LogP contribution in [-0.2, 0) is 14.8 Å². The average molecular weight is 475 g/mol. The van der Waals surface area contributed by atoms with Crippen LogP contribution in [0.25, 0.3) is 0 Å². The Morgan fingerprint density at radius 2 is 1.70 bits per heavy atom. The van der Waals surface area contributed by atoms with Crippen molar-refractivity contribution < 1.29 is 36.3 Å². The highest BCUT2D eigenvalue weighted by atomic mass is 32.2. The fourth-order valence-electron chi connectivity index (χ4n) is 2.80. The number of hydrogen-bond acceptors (Lipinski definition) is 6. The molecule has 0 unspecified atom stereocenters. The maximum atomic E-state index is 13.7. The maximum absolute atomic E-state index is 13.7. The number of carbonyl (C=O) groups excluding carboxylic acids is 2. The number of hydrogen-bond donors (Lipinski definition) is 1. The van der Waals surface area contributed by atoms with Gasteiger partial charge >= 0.3 is 5.97 Å². The minimum atomic E-state index is -4.03. The van der Waals surface area contributed by atoms with Crippen LogP contribution >= 0.6 is 0 Å². The Balaban J connectivity index is 1.68. The van der Waals surface area contributed by atoms with Crippen molar-refractivity contribution in [2.24, 2.45) is 0 Å². The van der Waals surface area contributed by atoms with Crippen molar-refractivity contribution >= 4 is 27.5 Å². The monoisotopic (exact) mass is 475 g/mol. The van der Waals surface area contributed by atoms with E-state index < -0.39 is 45.6 Å². The second kappa shape index (κ2) is 10.2. The first kappa shape index (κ1) is 23.9. The summed E-state index contributed by atoms with van der Waals surface area (Å²) < 4.78 is 64.6. The van der Waals surface area contributed by atoms with E-state index in [1.54, 1.807) is 12.1 Å². The molecular formula is C23H19F2NO6S. The van der Waals surface area contributed by atoms with Gasteiger partial charge in [0.25, 0.3) is 10.0 Å². The van der Waals surface area contributed by atoms with Crippen LogP contribution < -0.4 is 9.46 Å². The Hall–Kier alpha value is -3.79. The first-order valence-electron chi connectivity index (χ1n) is 9.70. The molecule has 0 fully saturated rings. The second-order valence-corrected chi connectivity index (χ2v) is 8.40. The summed E-state index contributed by atoms with van der Waals surface area (Å²) in [4.78, 5) is 24.1. The predicted molar refractivity (Wildman–Crippen MR) is 116 cm³/mol. The van der Waals surface area contributed by atoms with Crippen molar-refractivity contribution in [3.05, 3.63) is 89.5 Å². The Morgan fingerprint density at radius 3 is 2.36 bits per heavy atom. The van der Waals surface area contributed by atoms with Crippen molar-refractivity contribution in [3.8, 4) is 5.75 Å². The van der Waals surface area contributed by atoms with E-state index in [4.69, 9.17) is 9.47 Å². The van der Waals surface area contributed by atoms with Crippen LogP contribution in [0, 0.1) is 11.6 Å². The minimum absolute atomic E-state index is 0.128. The minimum Gasteiger partial charge on any atom is -0.494 e. The smallest absolute Gasteiger partial charge is 0.338 e. The summed E-state index contributed by atoms with van der Waals surface area (Å²) in [6.07, 6.45) is 0. The largest absolute Gasteiger partial charge is 0.494 e. The van der Waals surface area contributed by atoms with E-state index in [0.717, 1.165) is 18.2 Å². The second-order valence-electron chi connectivity index (χ2n) is 6.71. The summed E-state index contributed by atoms with van der Waals surface area (Å²) >= 11 is 0. The van der Waals surface area contributed by atoms with E-state index in [9.17, 15) is 26.8 Å². The molecule has 172 valence electrons.